The molecule has 0 amide bonds. The Hall–Kier alpha value is -0.610. The first-order valence-corrected chi connectivity index (χ1v) is 8.07. The van der Waals surface area contributed by atoms with Crippen molar-refractivity contribution in [1.29, 1.82) is 0 Å². The molecule has 0 aliphatic carbocycles. The molecular weight excluding hydrogens is 311 g/mol. The normalized spacial score (nSPS) is 25.0. The Morgan fingerprint density at radius 1 is 1.19 bits per heavy atom. The molecule has 21 heavy (non-hydrogen) atoms. The van der Waals surface area contributed by atoms with E-state index in [2.05, 4.69) is 0 Å². The average Bonchev–Trinajstić information content (AvgIpc) is 2.50. The van der Waals surface area contributed by atoms with E-state index >= 15 is 0 Å². The second kappa shape index (κ2) is 6.25. The van der Waals surface area contributed by atoms with Crippen molar-refractivity contribution in [3.8, 4) is 0 Å². The number of carbonyl (C=O) groups is 1. The van der Waals surface area contributed by atoms with Crippen LogP contribution in [-0.4, -0.2) is 31.2 Å². The summed E-state index contributed by atoms with van der Waals surface area (Å²) < 4.78 is 11.4. The van der Waals surface area contributed by atoms with Crippen molar-refractivity contribution in [3.05, 3.63) is 33.8 Å². The molecule has 2 fully saturated rings. The van der Waals surface area contributed by atoms with Gasteiger partial charge in [0, 0.05) is 31.3 Å². The number of carbonyl (C=O) groups excluding carboxylic acids is 1. The summed E-state index contributed by atoms with van der Waals surface area (Å²) in [6.07, 6.45) is 3.21. The molecule has 114 valence electrons. The molecule has 3 nitrogen and oxygen atoms in total. The maximum atomic E-state index is 12.8. The summed E-state index contributed by atoms with van der Waals surface area (Å²) in [6, 6.07) is 5.22. The first-order chi connectivity index (χ1) is 10.1. The fourth-order valence-corrected chi connectivity index (χ4v) is 3.65. The number of rotatable bonds is 2. The highest BCUT2D eigenvalue weighted by molar-refractivity contribution is 6.43. The van der Waals surface area contributed by atoms with Crippen LogP contribution in [0.1, 0.15) is 36.0 Å². The number of halogens is 2. The van der Waals surface area contributed by atoms with Crippen LogP contribution in [0.25, 0.3) is 0 Å². The van der Waals surface area contributed by atoms with E-state index in [1.807, 2.05) is 0 Å². The molecule has 0 saturated carbocycles. The van der Waals surface area contributed by atoms with Crippen molar-refractivity contribution in [2.45, 2.75) is 31.3 Å². The molecule has 1 aromatic rings. The minimum absolute atomic E-state index is 0.0483. The molecule has 5 heteroatoms. The first kappa shape index (κ1) is 15.3. The van der Waals surface area contributed by atoms with E-state index in [1.54, 1.807) is 18.2 Å². The van der Waals surface area contributed by atoms with Crippen LogP contribution in [0.5, 0.6) is 0 Å². The van der Waals surface area contributed by atoms with Crippen LogP contribution in [0.3, 0.4) is 0 Å². The van der Waals surface area contributed by atoms with Crippen LogP contribution < -0.4 is 0 Å². The molecule has 2 aliphatic heterocycles. The number of ether oxygens (including phenoxy) is 2. The predicted octanol–water partition coefficient (Wildman–Crippen LogP) is 4.15. The quantitative estimate of drug-likeness (QED) is 0.765. The summed E-state index contributed by atoms with van der Waals surface area (Å²) in [7, 11) is 0. The predicted molar refractivity (Wildman–Crippen MR) is 82.3 cm³/mol. The van der Waals surface area contributed by atoms with Crippen LogP contribution >= 0.6 is 23.2 Å². The number of Topliss-reactive ketones (excluding diaryl/α,β-unsaturated/α-hetero) is 1. The topological polar surface area (TPSA) is 35.5 Å². The summed E-state index contributed by atoms with van der Waals surface area (Å²) in [5.74, 6) is 0.0319. The van der Waals surface area contributed by atoms with Crippen molar-refractivity contribution in [2.24, 2.45) is 5.92 Å². The zero-order valence-electron chi connectivity index (χ0n) is 11.7. The number of hydrogen-bond donors (Lipinski definition) is 0. The number of hydrogen-bond acceptors (Lipinski definition) is 3. The van der Waals surface area contributed by atoms with E-state index in [9.17, 15) is 4.79 Å². The van der Waals surface area contributed by atoms with Crippen molar-refractivity contribution < 1.29 is 14.3 Å². The maximum absolute atomic E-state index is 12.8. The lowest BCUT2D eigenvalue weighted by Crippen LogP contribution is -2.45. The highest BCUT2D eigenvalue weighted by Crippen LogP contribution is 2.39. The van der Waals surface area contributed by atoms with E-state index < -0.39 is 0 Å². The van der Waals surface area contributed by atoms with Crippen molar-refractivity contribution in [3.63, 3.8) is 0 Å². The van der Waals surface area contributed by atoms with Gasteiger partial charge in [-0.15, -0.1) is 0 Å². The zero-order chi connectivity index (χ0) is 14.9. The lowest BCUT2D eigenvalue weighted by Gasteiger charge is -2.43. The number of benzene rings is 1. The van der Waals surface area contributed by atoms with Crippen LogP contribution in [-0.2, 0) is 9.47 Å². The smallest absolute Gasteiger partial charge is 0.167 e. The molecule has 2 saturated heterocycles. The van der Waals surface area contributed by atoms with Crippen molar-refractivity contribution >= 4 is 29.0 Å². The third-order valence-electron chi connectivity index (χ3n) is 4.48. The molecule has 0 bridgehead atoms. The van der Waals surface area contributed by atoms with Crippen LogP contribution in [0.4, 0.5) is 0 Å². The molecule has 0 N–H and O–H groups in total. The lowest BCUT2D eigenvalue weighted by atomic mass is 9.78. The molecule has 1 spiro atoms. The summed E-state index contributed by atoms with van der Waals surface area (Å²) in [5, 5.41) is 0.784. The van der Waals surface area contributed by atoms with Crippen LogP contribution in [0.15, 0.2) is 18.2 Å². The molecule has 2 heterocycles. The van der Waals surface area contributed by atoms with Gasteiger partial charge in [0.25, 0.3) is 0 Å². The molecule has 0 radical (unpaired) electrons. The highest BCUT2D eigenvalue weighted by Gasteiger charge is 2.41. The fraction of sp³-hybridized carbons (Fsp3) is 0.562. The standard InChI is InChI=1S/C16H18Cl2O3/c17-13-3-1-2-12(14(13)18)15(19)11-4-7-21-16(10-11)5-8-20-9-6-16/h1-3,11H,4-10H2. The molecule has 1 aromatic carbocycles. The van der Waals surface area contributed by atoms with Crippen molar-refractivity contribution in [2.75, 3.05) is 19.8 Å². The van der Waals surface area contributed by atoms with E-state index in [0.717, 1.165) is 25.7 Å². The van der Waals surface area contributed by atoms with E-state index in [0.29, 0.717) is 35.4 Å². The molecule has 0 aromatic heterocycles. The molecule has 2 aliphatic rings. The van der Waals surface area contributed by atoms with Gasteiger partial charge in [0.1, 0.15) is 0 Å². The monoisotopic (exact) mass is 328 g/mol. The van der Waals surface area contributed by atoms with E-state index in [1.165, 1.54) is 0 Å². The Balaban J connectivity index is 1.79. The lowest BCUT2D eigenvalue weighted by molar-refractivity contribution is -0.142. The minimum atomic E-state index is -0.193. The largest absolute Gasteiger partial charge is 0.381 e. The minimum Gasteiger partial charge on any atom is -0.381 e. The second-order valence-electron chi connectivity index (χ2n) is 5.80. The van der Waals surface area contributed by atoms with Crippen LogP contribution in [0.2, 0.25) is 10.0 Å². The number of ketones is 1. The Kier molecular flexibility index (Phi) is 4.55. The highest BCUT2D eigenvalue weighted by atomic mass is 35.5. The Bertz CT molecular complexity index is 533. The third-order valence-corrected chi connectivity index (χ3v) is 5.30. The summed E-state index contributed by atoms with van der Waals surface area (Å²) in [6.45, 7) is 2.03. The summed E-state index contributed by atoms with van der Waals surface area (Å²) in [4.78, 5) is 12.8. The van der Waals surface area contributed by atoms with E-state index in [-0.39, 0.29) is 17.3 Å². The van der Waals surface area contributed by atoms with Gasteiger partial charge in [-0.3, -0.25) is 4.79 Å². The van der Waals surface area contributed by atoms with Crippen molar-refractivity contribution in [1.82, 2.24) is 0 Å². The van der Waals surface area contributed by atoms with Gasteiger partial charge in [-0.05, 0) is 37.8 Å². The zero-order valence-corrected chi connectivity index (χ0v) is 13.3. The second-order valence-corrected chi connectivity index (χ2v) is 6.58. The van der Waals surface area contributed by atoms with Gasteiger partial charge in [0.05, 0.1) is 15.6 Å². The van der Waals surface area contributed by atoms with Gasteiger partial charge in [0.2, 0.25) is 0 Å². The first-order valence-electron chi connectivity index (χ1n) is 7.31. The Morgan fingerprint density at radius 2 is 1.95 bits per heavy atom. The van der Waals surface area contributed by atoms with Gasteiger partial charge in [-0.25, -0.2) is 0 Å². The van der Waals surface area contributed by atoms with Gasteiger partial charge in [-0.2, -0.15) is 0 Å². The van der Waals surface area contributed by atoms with E-state index in [4.69, 9.17) is 32.7 Å². The molecular formula is C16H18Cl2O3. The fourth-order valence-electron chi connectivity index (χ4n) is 3.26. The Labute approximate surface area is 134 Å². The van der Waals surface area contributed by atoms with Gasteiger partial charge >= 0.3 is 0 Å². The van der Waals surface area contributed by atoms with Gasteiger partial charge in [0.15, 0.2) is 5.78 Å². The molecule has 3 rings (SSSR count). The average molecular weight is 329 g/mol. The summed E-state index contributed by atoms with van der Waals surface area (Å²) in [5.41, 5.74) is 0.334. The molecule has 1 atom stereocenters. The van der Waals surface area contributed by atoms with Crippen LogP contribution in [0, 0.1) is 5.92 Å². The Morgan fingerprint density at radius 3 is 2.71 bits per heavy atom. The third kappa shape index (κ3) is 3.11. The van der Waals surface area contributed by atoms with Gasteiger partial charge < -0.3 is 9.47 Å². The SMILES string of the molecule is O=C(c1cccc(Cl)c1Cl)C1CCOC2(CCOCC2)C1. The molecule has 1 unspecified atom stereocenters. The maximum Gasteiger partial charge on any atom is 0.167 e. The summed E-state index contributed by atoms with van der Waals surface area (Å²) >= 11 is 12.2. The van der Waals surface area contributed by atoms with Gasteiger partial charge in [-0.1, -0.05) is 29.3 Å².